The number of ether oxygens (including phenoxy) is 2. The van der Waals surface area contributed by atoms with E-state index in [-0.39, 0.29) is 5.92 Å². The van der Waals surface area contributed by atoms with Gasteiger partial charge in [-0.1, -0.05) is 72.8 Å². The van der Waals surface area contributed by atoms with Crippen molar-refractivity contribution >= 4 is 29.0 Å². The van der Waals surface area contributed by atoms with Crippen molar-refractivity contribution in [3.05, 3.63) is 101 Å². The number of benzene rings is 3. The second-order valence-corrected chi connectivity index (χ2v) is 8.46. The van der Waals surface area contributed by atoms with Crippen LogP contribution in [-0.2, 0) is 9.47 Å². The van der Waals surface area contributed by atoms with Gasteiger partial charge in [-0.3, -0.25) is 0 Å². The van der Waals surface area contributed by atoms with Gasteiger partial charge in [0.1, 0.15) is 12.3 Å². The van der Waals surface area contributed by atoms with Crippen LogP contribution in [-0.4, -0.2) is 37.3 Å². The molecule has 1 aliphatic carbocycles. The summed E-state index contributed by atoms with van der Waals surface area (Å²) in [6.07, 6.45) is 4.23. The summed E-state index contributed by atoms with van der Waals surface area (Å²) >= 11 is 0. The Hall–Kier alpha value is -4.32. The van der Waals surface area contributed by atoms with Crippen LogP contribution in [0.15, 0.2) is 78.9 Å². The number of aromatic amines is 1. The quantitative estimate of drug-likeness (QED) is 0.263. The molecule has 0 fully saturated rings. The first-order valence-electron chi connectivity index (χ1n) is 11.6. The van der Waals surface area contributed by atoms with Crippen LogP contribution < -0.4 is 5.32 Å². The Kier molecular flexibility index (Phi) is 6.35. The third-order valence-electron chi connectivity index (χ3n) is 6.29. The number of rotatable bonds is 7. The largest absolute Gasteiger partial charge is 0.464 e. The molecule has 3 aromatic carbocycles. The minimum Gasteiger partial charge on any atom is -0.464 e. The lowest BCUT2D eigenvalue weighted by atomic mass is 9.98. The molecule has 0 radical (unpaired) electrons. The number of nitrogens with one attached hydrogen (secondary N) is 2. The number of H-pyrrole nitrogens is 1. The van der Waals surface area contributed by atoms with Gasteiger partial charge in [-0.25, -0.2) is 9.59 Å². The van der Waals surface area contributed by atoms with Gasteiger partial charge in [0.05, 0.1) is 7.11 Å². The molecule has 1 amide bonds. The number of aromatic nitrogens is 1. The van der Waals surface area contributed by atoms with Crippen molar-refractivity contribution in [3.8, 4) is 11.1 Å². The maximum atomic E-state index is 12.3. The Labute approximate surface area is 203 Å². The van der Waals surface area contributed by atoms with Crippen LogP contribution >= 0.6 is 0 Å². The Bertz CT molecular complexity index is 1370. The summed E-state index contributed by atoms with van der Waals surface area (Å²) < 4.78 is 10.3. The highest BCUT2D eigenvalue weighted by molar-refractivity contribution is 5.95. The molecular formula is C29H26N2O4. The van der Waals surface area contributed by atoms with E-state index in [1.165, 1.54) is 29.4 Å². The van der Waals surface area contributed by atoms with Crippen molar-refractivity contribution in [1.82, 2.24) is 10.3 Å². The summed E-state index contributed by atoms with van der Waals surface area (Å²) in [5.41, 5.74) is 7.10. The van der Waals surface area contributed by atoms with E-state index in [4.69, 9.17) is 9.47 Å². The molecule has 6 heteroatoms. The van der Waals surface area contributed by atoms with E-state index in [0.29, 0.717) is 25.3 Å². The van der Waals surface area contributed by atoms with Gasteiger partial charge in [-0.05, 0) is 46.4 Å². The maximum absolute atomic E-state index is 12.3. The van der Waals surface area contributed by atoms with E-state index in [1.54, 1.807) is 6.07 Å². The van der Waals surface area contributed by atoms with E-state index >= 15 is 0 Å². The van der Waals surface area contributed by atoms with Gasteiger partial charge in [0.15, 0.2) is 0 Å². The highest BCUT2D eigenvalue weighted by atomic mass is 16.5. The molecule has 0 aliphatic heterocycles. The zero-order valence-electron chi connectivity index (χ0n) is 19.4. The van der Waals surface area contributed by atoms with Gasteiger partial charge < -0.3 is 19.8 Å². The second kappa shape index (κ2) is 9.89. The van der Waals surface area contributed by atoms with Gasteiger partial charge in [0.2, 0.25) is 0 Å². The van der Waals surface area contributed by atoms with Crippen LogP contribution in [0.1, 0.15) is 39.5 Å². The Balaban J connectivity index is 1.11. The molecular weight excluding hydrogens is 440 g/mol. The fourth-order valence-electron chi connectivity index (χ4n) is 4.59. The van der Waals surface area contributed by atoms with Crippen LogP contribution in [0, 0.1) is 0 Å². The van der Waals surface area contributed by atoms with E-state index in [2.05, 4.69) is 34.6 Å². The number of fused-ring (bicyclic) bond motifs is 4. The molecule has 6 nitrogen and oxygen atoms in total. The molecule has 1 heterocycles. The zero-order chi connectivity index (χ0) is 24.2. The average Bonchev–Trinajstić information content (AvgIpc) is 3.46. The standard InChI is InChI=1S/C29H26N2O4/c1-34-28(32)27-17-20-14-13-19(16-26(20)31-27)8-6-7-15-30-29(33)35-18-25-23-11-4-2-9-21(23)22-10-3-5-12-24(22)25/h2-6,8-14,16-17,25,31H,7,15,18H2,1H3,(H,30,33). The lowest BCUT2D eigenvalue weighted by Gasteiger charge is -2.14. The van der Waals surface area contributed by atoms with E-state index in [1.807, 2.05) is 54.6 Å². The predicted octanol–water partition coefficient (Wildman–Crippen LogP) is 5.90. The Morgan fingerprint density at radius 3 is 2.40 bits per heavy atom. The van der Waals surface area contributed by atoms with Crippen LogP contribution in [0.4, 0.5) is 4.79 Å². The second-order valence-electron chi connectivity index (χ2n) is 8.46. The van der Waals surface area contributed by atoms with E-state index < -0.39 is 12.1 Å². The lowest BCUT2D eigenvalue weighted by Crippen LogP contribution is -2.26. The fraction of sp³-hybridized carbons (Fsp3) is 0.172. The van der Waals surface area contributed by atoms with Gasteiger partial charge >= 0.3 is 12.1 Å². The van der Waals surface area contributed by atoms with Crippen molar-refractivity contribution in [3.63, 3.8) is 0 Å². The lowest BCUT2D eigenvalue weighted by molar-refractivity contribution is 0.0595. The summed E-state index contributed by atoms with van der Waals surface area (Å²) in [4.78, 5) is 27.0. The molecule has 35 heavy (non-hydrogen) atoms. The minimum atomic E-state index is -0.414. The number of carbonyl (C=O) groups is 2. The predicted molar refractivity (Wildman–Crippen MR) is 136 cm³/mol. The van der Waals surface area contributed by atoms with Crippen LogP contribution in [0.25, 0.3) is 28.1 Å². The summed E-state index contributed by atoms with van der Waals surface area (Å²) in [5.74, 6) is -0.340. The molecule has 176 valence electrons. The summed E-state index contributed by atoms with van der Waals surface area (Å²) in [7, 11) is 1.36. The normalized spacial score (nSPS) is 12.5. The molecule has 0 bridgehead atoms. The van der Waals surface area contributed by atoms with E-state index in [0.717, 1.165) is 16.5 Å². The Morgan fingerprint density at radius 2 is 1.69 bits per heavy atom. The smallest absolute Gasteiger partial charge is 0.407 e. The fourth-order valence-corrected chi connectivity index (χ4v) is 4.59. The van der Waals surface area contributed by atoms with Crippen molar-refractivity contribution in [2.24, 2.45) is 0 Å². The summed E-state index contributed by atoms with van der Waals surface area (Å²) in [5, 5.41) is 3.77. The number of carbonyl (C=O) groups excluding carboxylic acids is 2. The number of hydrogen-bond acceptors (Lipinski definition) is 4. The third kappa shape index (κ3) is 4.68. The number of esters is 1. The van der Waals surface area contributed by atoms with Crippen LogP contribution in [0.5, 0.6) is 0 Å². The third-order valence-corrected chi connectivity index (χ3v) is 6.29. The van der Waals surface area contributed by atoms with Gasteiger partial charge in [-0.2, -0.15) is 0 Å². The highest BCUT2D eigenvalue weighted by Crippen LogP contribution is 2.44. The first-order chi connectivity index (χ1) is 17.1. The molecule has 5 rings (SSSR count). The highest BCUT2D eigenvalue weighted by Gasteiger charge is 2.28. The van der Waals surface area contributed by atoms with Crippen molar-refractivity contribution in [2.75, 3.05) is 20.3 Å². The molecule has 1 aliphatic rings. The molecule has 0 unspecified atom stereocenters. The van der Waals surface area contributed by atoms with E-state index in [9.17, 15) is 9.59 Å². The number of amides is 1. The number of alkyl carbamates (subject to hydrolysis) is 1. The molecule has 0 atom stereocenters. The van der Waals surface area contributed by atoms with Gasteiger partial charge in [0, 0.05) is 23.4 Å². The van der Waals surface area contributed by atoms with Gasteiger partial charge in [0.25, 0.3) is 0 Å². The molecule has 2 N–H and O–H groups in total. The topological polar surface area (TPSA) is 80.4 Å². The molecule has 0 spiro atoms. The number of methoxy groups -OCH3 is 1. The molecule has 4 aromatic rings. The van der Waals surface area contributed by atoms with Crippen LogP contribution in [0.2, 0.25) is 0 Å². The SMILES string of the molecule is COC(=O)c1cc2ccc(C=CCCNC(=O)OCC3c4ccccc4-c4ccccc43)cc2[nH]1. The molecule has 0 saturated carbocycles. The zero-order valence-corrected chi connectivity index (χ0v) is 19.4. The maximum Gasteiger partial charge on any atom is 0.407 e. The van der Waals surface area contributed by atoms with Crippen molar-refractivity contribution < 1.29 is 19.1 Å². The summed E-state index contributed by atoms with van der Waals surface area (Å²) in [6.45, 7) is 0.782. The monoisotopic (exact) mass is 466 g/mol. The van der Waals surface area contributed by atoms with Crippen molar-refractivity contribution in [1.29, 1.82) is 0 Å². The van der Waals surface area contributed by atoms with Crippen molar-refractivity contribution in [2.45, 2.75) is 12.3 Å². The van der Waals surface area contributed by atoms with Gasteiger partial charge in [-0.15, -0.1) is 0 Å². The average molecular weight is 467 g/mol. The summed E-state index contributed by atoms with van der Waals surface area (Å²) in [6, 6.07) is 24.2. The number of hydrogen-bond donors (Lipinski definition) is 2. The minimum absolute atomic E-state index is 0.0515. The Morgan fingerprint density at radius 1 is 0.971 bits per heavy atom. The molecule has 0 saturated heterocycles. The first kappa shape index (κ1) is 22.5. The van der Waals surface area contributed by atoms with Crippen LogP contribution in [0.3, 0.4) is 0 Å². The molecule has 1 aromatic heterocycles. The first-order valence-corrected chi connectivity index (χ1v) is 11.6.